The van der Waals surface area contributed by atoms with Crippen molar-refractivity contribution in [2.75, 3.05) is 13.6 Å². The molecule has 0 N–H and O–H groups in total. The summed E-state index contributed by atoms with van der Waals surface area (Å²) >= 11 is 1.65. The van der Waals surface area contributed by atoms with Crippen molar-refractivity contribution in [1.29, 1.82) is 0 Å². The van der Waals surface area contributed by atoms with Gasteiger partial charge < -0.3 is 4.90 Å². The van der Waals surface area contributed by atoms with Crippen LogP contribution in [-0.4, -0.2) is 30.2 Å². The fourth-order valence-electron chi connectivity index (χ4n) is 3.31. The SMILES string of the molecule is Cc1cc(C(=O)CCC(=O)N(C)CC2CCCCC2)c(C)s1. The number of carbonyl (C=O) groups excluding carboxylic acids is 2. The van der Waals surface area contributed by atoms with E-state index in [2.05, 4.69) is 0 Å². The van der Waals surface area contributed by atoms with E-state index in [0.717, 1.165) is 21.9 Å². The van der Waals surface area contributed by atoms with Crippen molar-refractivity contribution in [3.63, 3.8) is 0 Å². The van der Waals surface area contributed by atoms with Crippen LogP contribution < -0.4 is 0 Å². The van der Waals surface area contributed by atoms with Gasteiger partial charge in [-0.25, -0.2) is 0 Å². The first-order valence-corrected chi connectivity index (χ1v) is 9.13. The highest BCUT2D eigenvalue weighted by atomic mass is 32.1. The van der Waals surface area contributed by atoms with E-state index in [1.165, 1.54) is 32.1 Å². The largest absolute Gasteiger partial charge is 0.345 e. The third-order valence-electron chi connectivity index (χ3n) is 4.59. The van der Waals surface area contributed by atoms with Crippen LogP contribution in [0.3, 0.4) is 0 Å². The number of carbonyl (C=O) groups is 2. The van der Waals surface area contributed by atoms with Gasteiger partial charge in [0.1, 0.15) is 0 Å². The van der Waals surface area contributed by atoms with E-state index in [0.29, 0.717) is 18.8 Å². The molecular weight excluding hydrogens is 294 g/mol. The van der Waals surface area contributed by atoms with E-state index >= 15 is 0 Å². The Kier molecular flexibility index (Phi) is 6.18. The van der Waals surface area contributed by atoms with Crippen LogP contribution in [0.25, 0.3) is 0 Å². The third-order valence-corrected chi connectivity index (χ3v) is 5.56. The topological polar surface area (TPSA) is 37.4 Å². The summed E-state index contributed by atoms with van der Waals surface area (Å²) in [5, 5.41) is 0. The molecule has 1 fully saturated rings. The molecule has 1 heterocycles. The Morgan fingerprint density at radius 3 is 2.45 bits per heavy atom. The minimum atomic E-state index is 0.0984. The first-order chi connectivity index (χ1) is 10.5. The van der Waals surface area contributed by atoms with E-state index in [-0.39, 0.29) is 11.7 Å². The highest BCUT2D eigenvalue weighted by Crippen LogP contribution is 2.25. The van der Waals surface area contributed by atoms with Crippen LogP contribution >= 0.6 is 11.3 Å². The lowest BCUT2D eigenvalue weighted by atomic mass is 9.89. The number of aryl methyl sites for hydroxylation is 2. The average Bonchev–Trinajstić information content (AvgIpc) is 2.84. The van der Waals surface area contributed by atoms with Crippen molar-refractivity contribution < 1.29 is 9.59 Å². The average molecular weight is 321 g/mol. The van der Waals surface area contributed by atoms with Crippen LogP contribution in [0.5, 0.6) is 0 Å². The van der Waals surface area contributed by atoms with Gasteiger partial charge in [-0.15, -0.1) is 11.3 Å². The molecule has 0 aromatic carbocycles. The van der Waals surface area contributed by atoms with Gasteiger partial charge in [0.25, 0.3) is 0 Å². The Bertz CT molecular complexity index is 529. The molecule has 2 rings (SSSR count). The Balaban J connectivity index is 1.78. The van der Waals surface area contributed by atoms with Crippen LogP contribution in [0, 0.1) is 19.8 Å². The van der Waals surface area contributed by atoms with Gasteiger partial charge in [-0.05, 0) is 38.7 Å². The molecule has 1 amide bonds. The number of hydrogen-bond donors (Lipinski definition) is 0. The van der Waals surface area contributed by atoms with Crippen LogP contribution in [0.4, 0.5) is 0 Å². The summed E-state index contributed by atoms with van der Waals surface area (Å²) < 4.78 is 0. The number of hydrogen-bond acceptors (Lipinski definition) is 3. The van der Waals surface area contributed by atoms with E-state index in [9.17, 15) is 9.59 Å². The maximum absolute atomic E-state index is 12.2. The second kappa shape index (κ2) is 7.91. The molecule has 1 aromatic heterocycles. The second-order valence-electron chi connectivity index (χ2n) is 6.53. The molecule has 1 aliphatic carbocycles. The minimum Gasteiger partial charge on any atom is -0.345 e. The summed E-state index contributed by atoms with van der Waals surface area (Å²) in [7, 11) is 1.88. The number of nitrogens with zero attached hydrogens (tertiary/aromatic N) is 1. The standard InChI is InChI=1S/C18H27NO2S/c1-13-11-16(14(2)22-13)17(20)9-10-18(21)19(3)12-15-7-5-4-6-8-15/h11,15H,4-10,12H2,1-3H3. The molecule has 4 heteroatoms. The molecule has 122 valence electrons. The molecule has 3 nitrogen and oxygen atoms in total. The zero-order valence-corrected chi connectivity index (χ0v) is 14.8. The molecule has 1 saturated carbocycles. The third kappa shape index (κ3) is 4.67. The van der Waals surface area contributed by atoms with Gasteiger partial charge in [0.2, 0.25) is 5.91 Å². The first kappa shape index (κ1) is 17.2. The zero-order valence-electron chi connectivity index (χ0n) is 14.0. The summed E-state index contributed by atoms with van der Waals surface area (Å²) in [5.41, 5.74) is 0.797. The van der Waals surface area contributed by atoms with Crippen molar-refractivity contribution >= 4 is 23.0 Å². The van der Waals surface area contributed by atoms with Crippen LogP contribution in [0.15, 0.2) is 6.07 Å². The Morgan fingerprint density at radius 2 is 1.86 bits per heavy atom. The smallest absolute Gasteiger partial charge is 0.222 e. The molecule has 0 radical (unpaired) electrons. The highest BCUT2D eigenvalue weighted by Gasteiger charge is 2.19. The van der Waals surface area contributed by atoms with Crippen molar-refractivity contribution in [3.05, 3.63) is 21.4 Å². The zero-order chi connectivity index (χ0) is 16.1. The number of ketones is 1. The van der Waals surface area contributed by atoms with Crippen molar-refractivity contribution in [3.8, 4) is 0 Å². The van der Waals surface area contributed by atoms with Crippen molar-refractivity contribution in [1.82, 2.24) is 4.90 Å². The number of rotatable bonds is 6. The summed E-state index contributed by atoms with van der Waals surface area (Å²) in [6.07, 6.45) is 7.06. The van der Waals surface area contributed by atoms with Crippen LogP contribution in [0.1, 0.15) is 65.1 Å². The second-order valence-corrected chi connectivity index (χ2v) is 7.99. The fraction of sp³-hybridized carbons (Fsp3) is 0.667. The predicted octanol–water partition coefficient (Wildman–Crippen LogP) is 4.37. The molecule has 0 aliphatic heterocycles. The lowest BCUT2D eigenvalue weighted by Crippen LogP contribution is -2.32. The lowest BCUT2D eigenvalue weighted by molar-refractivity contribution is -0.130. The molecular formula is C18H27NO2S. The molecule has 0 atom stereocenters. The molecule has 0 bridgehead atoms. The van der Waals surface area contributed by atoms with Gasteiger partial charge in [-0.3, -0.25) is 9.59 Å². The summed E-state index contributed by atoms with van der Waals surface area (Å²) in [4.78, 5) is 28.5. The Hall–Kier alpha value is -1.16. The van der Waals surface area contributed by atoms with E-state index in [1.54, 1.807) is 11.3 Å². The maximum atomic E-state index is 12.2. The van der Waals surface area contributed by atoms with Crippen LogP contribution in [-0.2, 0) is 4.79 Å². The predicted molar refractivity (Wildman–Crippen MR) is 91.6 cm³/mol. The van der Waals surface area contributed by atoms with Crippen molar-refractivity contribution in [2.45, 2.75) is 58.8 Å². The highest BCUT2D eigenvalue weighted by molar-refractivity contribution is 7.12. The van der Waals surface area contributed by atoms with Gasteiger partial charge in [-0.2, -0.15) is 0 Å². The van der Waals surface area contributed by atoms with Gasteiger partial charge in [0, 0.05) is 41.8 Å². The summed E-state index contributed by atoms with van der Waals surface area (Å²) in [6, 6.07) is 1.94. The molecule has 0 saturated heterocycles. The monoisotopic (exact) mass is 321 g/mol. The number of Topliss-reactive ketones (excluding diaryl/α,β-unsaturated/α-hetero) is 1. The molecule has 22 heavy (non-hydrogen) atoms. The van der Waals surface area contributed by atoms with E-state index in [1.807, 2.05) is 31.9 Å². The summed E-state index contributed by atoms with van der Waals surface area (Å²) in [5.74, 6) is 0.852. The number of amides is 1. The molecule has 1 aromatic rings. The molecule has 1 aliphatic rings. The Morgan fingerprint density at radius 1 is 1.18 bits per heavy atom. The fourth-order valence-corrected chi connectivity index (χ4v) is 4.25. The first-order valence-electron chi connectivity index (χ1n) is 8.31. The van der Waals surface area contributed by atoms with Gasteiger partial charge in [0.15, 0.2) is 5.78 Å². The van der Waals surface area contributed by atoms with Crippen LogP contribution in [0.2, 0.25) is 0 Å². The normalized spacial score (nSPS) is 15.8. The lowest BCUT2D eigenvalue weighted by Gasteiger charge is -2.27. The van der Waals surface area contributed by atoms with Gasteiger partial charge >= 0.3 is 0 Å². The van der Waals surface area contributed by atoms with Crippen molar-refractivity contribution in [2.24, 2.45) is 5.92 Å². The molecule has 0 spiro atoms. The number of thiophene rings is 1. The summed E-state index contributed by atoms with van der Waals surface area (Å²) in [6.45, 7) is 4.84. The van der Waals surface area contributed by atoms with Gasteiger partial charge in [0.05, 0.1) is 0 Å². The minimum absolute atomic E-state index is 0.0984. The van der Waals surface area contributed by atoms with E-state index < -0.39 is 0 Å². The molecule has 0 unspecified atom stereocenters. The van der Waals surface area contributed by atoms with Gasteiger partial charge in [-0.1, -0.05) is 19.3 Å². The quantitative estimate of drug-likeness (QED) is 0.730. The Labute approximate surface area is 137 Å². The van der Waals surface area contributed by atoms with E-state index in [4.69, 9.17) is 0 Å². The maximum Gasteiger partial charge on any atom is 0.222 e.